The number of hydrogen-bond acceptors (Lipinski definition) is 5. The van der Waals surface area contributed by atoms with Gasteiger partial charge >= 0.3 is 0 Å². The molecule has 5 N–H and O–H groups in total. The SMILES string of the molecule is CC1=CC(SC(C)(F)C(CCN)CCN=C(C=N)C=CN)=CCC1. The average Bonchev–Trinajstić information content (AvgIpc) is 2.52. The topological polar surface area (TPSA) is 88.2 Å². The van der Waals surface area contributed by atoms with Crippen LogP contribution in [0.4, 0.5) is 4.39 Å². The van der Waals surface area contributed by atoms with Gasteiger partial charge in [0, 0.05) is 23.6 Å². The van der Waals surface area contributed by atoms with Crippen molar-refractivity contribution in [3.63, 3.8) is 0 Å². The summed E-state index contributed by atoms with van der Waals surface area (Å²) in [5, 5.41) is 5.87. The monoisotopic (exact) mass is 352 g/mol. The summed E-state index contributed by atoms with van der Waals surface area (Å²) in [5.74, 6) is -0.193. The van der Waals surface area contributed by atoms with Gasteiger partial charge < -0.3 is 16.9 Å². The van der Waals surface area contributed by atoms with E-state index in [9.17, 15) is 0 Å². The van der Waals surface area contributed by atoms with Crippen LogP contribution in [0.2, 0.25) is 0 Å². The van der Waals surface area contributed by atoms with Crippen molar-refractivity contribution < 1.29 is 4.39 Å². The standard InChI is InChI=1S/C18H29FN4S/c1-14-4-3-5-17(12-14)24-18(2,19)15(6-9-20)8-11-23-16(13-22)7-10-21/h5,7,10,12-13,15,22H,3-4,6,8-9,11,20-21H2,1-2H3. The lowest BCUT2D eigenvalue weighted by Crippen LogP contribution is -2.29. The first-order valence-electron chi connectivity index (χ1n) is 8.31. The largest absolute Gasteiger partial charge is 0.405 e. The molecule has 0 fully saturated rings. The van der Waals surface area contributed by atoms with Crippen LogP contribution < -0.4 is 11.5 Å². The molecule has 0 aromatic rings. The third-order valence-electron chi connectivity index (χ3n) is 4.02. The highest BCUT2D eigenvalue weighted by Gasteiger charge is 2.35. The molecule has 0 aliphatic heterocycles. The predicted octanol–water partition coefficient (Wildman–Crippen LogP) is 3.95. The van der Waals surface area contributed by atoms with Crippen molar-refractivity contribution in [2.24, 2.45) is 22.4 Å². The zero-order valence-electron chi connectivity index (χ0n) is 14.6. The average molecular weight is 353 g/mol. The molecular formula is C18H29FN4S. The van der Waals surface area contributed by atoms with Crippen LogP contribution in [0.5, 0.6) is 0 Å². The molecule has 0 aromatic carbocycles. The molecule has 2 atom stereocenters. The zero-order chi connectivity index (χ0) is 18.0. The lowest BCUT2D eigenvalue weighted by atomic mass is 9.96. The quantitative estimate of drug-likeness (QED) is 0.520. The van der Waals surface area contributed by atoms with Crippen molar-refractivity contribution in [1.82, 2.24) is 0 Å². The van der Waals surface area contributed by atoms with Crippen molar-refractivity contribution in [2.45, 2.75) is 44.5 Å². The van der Waals surface area contributed by atoms with Gasteiger partial charge in [0.2, 0.25) is 0 Å². The molecule has 0 radical (unpaired) electrons. The van der Waals surface area contributed by atoms with Gasteiger partial charge in [-0.15, -0.1) is 0 Å². The number of halogens is 1. The van der Waals surface area contributed by atoms with E-state index >= 15 is 4.39 Å². The van der Waals surface area contributed by atoms with E-state index in [0.29, 0.717) is 31.6 Å². The van der Waals surface area contributed by atoms with Crippen LogP contribution in [-0.2, 0) is 0 Å². The summed E-state index contributed by atoms with van der Waals surface area (Å²) in [5.41, 5.74) is 12.8. The van der Waals surface area contributed by atoms with Gasteiger partial charge in [-0.25, -0.2) is 4.39 Å². The summed E-state index contributed by atoms with van der Waals surface area (Å²) in [6, 6.07) is 0. The molecule has 4 nitrogen and oxygen atoms in total. The molecule has 0 spiro atoms. The minimum atomic E-state index is -1.40. The lowest BCUT2D eigenvalue weighted by molar-refractivity contribution is 0.194. The summed E-state index contributed by atoms with van der Waals surface area (Å²) in [7, 11) is 0. The van der Waals surface area contributed by atoms with Gasteiger partial charge in [-0.3, -0.25) is 4.99 Å². The number of hydrogen-bond donors (Lipinski definition) is 3. The van der Waals surface area contributed by atoms with Gasteiger partial charge in [0.05, 0.1) is 5.71 Å². The van der Waals surface area contributed by atoms with E-state index in [1.165, 1.54) is 23.5 Å². The molecule has 24 heavy (non-hydrogen) atoms. The molecule has 0 heterocycles. The smallest absolute Gasteiger partial charge is 0.160 e. The van der Waals surface area contributed by atoms with Crippen molar-refractivity contribution in [2.75, 3.05) is 13.1 Å². The fourth-order valence-corrected chi connectivity index (χ4v) is 3.98. The first-order chi connectivity index (χ1) is 11.4. The Hall–Kier alpha value is -1.40. The second-order valence-electron chi connectivity index (χ2n) is 6.10. The summed E-state index contributed by atoms with van der Waals surface area (Å²) >= 11 is 1.28. The molecule has 6 heteroatoms. The molecule has 1 aliphatic carbocycles. The molecule has 0 bridgehead atoms. The molecule has 0 saturated carbocycles. The molecule has 134 valence electrons. The Labute approximate surface area is 148 Å². The van der Waals surface area contributed by atoms with Gasteiger partial charge in [-0.05, 0) is 64.4 Å². The van der Waals surface area contributed by atoms with Crippen molar-refractivity contribution in [3.8, 4) is 0 Å². The zero-order valence-corrected chi connectivity index (χ0v) is 15.4. The molecule has 1 rings (SSSR count). The van der Waals surface area contributed by atoms with Gasteiger partial charge in [0.1, 0.15) is 0 Å². The molecule has 0 amide bonds. The maximum absolute atomic E-state index is 15.3. The second-order valence-corrected chi connectivity index (χ2v) is 7.57. The second kappa shape index (κ2) is 10.5. The number of alkyl halides is 1. The number of allylic oxidation sites excluding steroid dienone is 4. The van der Waals surface area contributed by atoms with E-state index in [-0.39, 0.29) is 5.92 Å². The first kappa shape index (κ1) is 20.6. The van der Waals surface area contributed by atoms with Crippen LogP contribution in [0.3, 0.4) is 0 Å². The van der Waals surface area contributed by atoms with Gasteiger partial charge in [-0.1, -0.05) is 23.4 Å². The number of thioether (sulfide) groups is 1. The minimum absolute atomic E-state index is 0.193. The third-order valence-corrected chi connectivity index (χ3v) is 5.27. The minimum Gasteiger partial charge on any atom is -0.405 e. The highest BCUT2D eigenvalue weighted by molar-refractivity contribution is 8.04. The summed E-state index contributed by atoms with van der Waals surface area (Å²) < 4.78 is 15.3. The maximum Gasteiger partial charge on any atom is 0.160 e. The molecule has 1 aliphatic rings. The number of aliphatic imine (C=N–C) groups is 1. The highest BCUT2D eigenvalue weighted by Crippen LogP contribution is 2.44. The Bertz CT molecular complexity index is 535. The Kier molecular flexibility index (Phi) is 9.00. The van der Waals surface area contributed by atoms with Crippen LogP contribution in [0.15, 0.2) is 39.9 Å². The lowest BCUT2D eigenvalue weighted by Gasteiger charge is -2.30. The molecular weight excluding hydrogens is 323 g/mol. The number of rotatable bonds is 10. The fourth-order valence-electron chi connectivity index (χ4n) is 2.66. The van der Waals surface area contributed by atoms with E-state index < -0.39 is 5.00 Å². The Morgan fingerprint density at radius 3 is 2.88 bits per heavy atom. The van der Waals surface area contributed by atoms with E-state index in [1.54, 1.807) is 13.0 Å². The van der Waals surface area contributed by atoms with Gasteiger partial charge in [0.15, 0.2) is 5.00 Å². The molecule has 0 saturated heterocycles. The Balaban J connectivity index is 2.74. The summed E-state index contributed by atoms with van der Waals surface area (Å²) in [6.07, 6.45) is 11.5. The van der Waals surface area contributed by atoms with E-state index in [2.05, 4.69) is 24.1 Å². The predicted molar refractivity (Wildman–Crippen MR) is 104 cm³/mol. The van der Waals surface area contributed by atoms with Crippen molar-refractivity contribution in [1.29, 1.82) is 5.41 Å². The molecule has 0 aromatic heterocycles. The summed E-state index contributed by atoms with van der Waals surface area (Å²) in [6.45, 7) is 4.62. The van der Waals surface area contributed by atoms with Crippen LogP contribution in [-0.4, -0.2) is 30.0 Å². The number of nitrogens with zero attached hydrogens (tertiary/aromatic N) is 1. The summed E-state index contributed by atoms with van der Waals surface area (Å²) in [4.78, 5) is 5.29. The normalized spacial score (nSPS) is 19.6. The van der Waals surface area contributed by atoms with Crippen LogP contribution in [0.25, 0.3) is 0 Å². The fraction of sp³-hybridized carbons (Fsp3) is 0.556. The van der Waals surface area contributed by atoms with Crippen LogP contribution >= 0.6 is 11.8 Å². The van der Waals surface area contributed by atoms with Crippen LogP contribution in [0.1, 0.15) is 39.5 Å². The number of nitrogens with one attached hydrogen (secondary N) is 1. The van der Waals surface area contributed by atoms with Crippen LogP contribution in [0, 0.1) is 11.3 Å². The van der Waals surface area contributed by atoms with Crippen molar-refractivity contribution in [3.05, 3.63) is 34.9 Å². The van der Waals surface area contributed by atoms with Gasteiger partial charge in [0.25, 0.3) is 0 Å². The van der Waals surface area contributed by atoms with Crippen molar-refractivity contribution >= 4 is 23.7 Å². The highest BCUT2D eigenvalue weighted by atomic mass is 32.2. The van der Waals surface area contributed by atoms with E-state index in [1.807, 2.05) is 0 Å². The maximum atomic E-state index is 15.3. The first-order valence-corrected chi connectivity index (χ1v) is 9.13. The van der Waals surface area contributed by atoms with Gasteiger partial charge in [-0.2, -0.15) is 0 Å². The molecule has 2 unspecified atom stereocenters. The number of nitrogens with two attached hydrogens (primary N) is 2. The Morgan fingerprint density at radius 1 is 1.54 bits per heavy atom. The third kappa shape index (κ3) is 7.01. The Morgan fingerprint density at radius 2 is 2.29 bits per heavy atom. The van der Waals surface area contributed by atoms with E-state index in [0.717, 1.165) is 24.0 Å². The van der Waals surface area contributed by atoms with E-state index in [4.69, 9.17) is 16.9 Å².